The molecule has 2 aliphatic rings. The second-order valence-electron chi connectivity index (χ2n) is 10.1. The van der Waals surface area contributed by atoms with E-state index in [2.05, 4.69) is 20.2 Å². The third kappa shape index (κ3) is 6.40. The monoisotopic (exact) mass is 561 g/mol. The minimum atomic E-state index is -4.42. The Morgan fingerprint density at radius 2 is 1.56 bits per heavy atom. The Morgan fingerprint density at radius 3 is 2.18 bits per heavy atom. The summed E-state index contributed by atoms with van der Waals surface area (Å²) in [6, 6.07) is 12.5. The molecule has 2 saturated heterocycles. The van der Waals surface area contributed by atoms with Crippen LogP contribution in [0.2, 0.25) is 0 Å². The van der Waals surface area contributed by atoms with E-state index in [4.69, 9.17) is 0 Å². The number of aliphatic hydroxyl groups is 1. The molecule has 208 valence electrons. The summed E-state index contributed by atoms with van der Waals surface area (Å²) in [5, 5.41) is 14.0. The average Bonchev–Trinajstić information content (AvgIpc) is 3.41. The van der Waals surface area contributed by atoms with Crippen molar-refractivity contribution < 1.29 is 26.7 Å². The number of aromatic nitrogens is 2. The molecule has 39 heavy (non-hydrogen) atoms. The molecule has 0 aliphatic carbocycles. The Kier molecular flexibility index (Phi) is 7.64. The molecule has 2 aromatic carbocycles. The molecule has 0 bridgehead atoms. The van der Waals surface area contributed by atoms with Crippen LogP contribution in [0.3, 0.4) is 0 Å². The average molecular weight is 562 g/mol. The van der Waals surface area contributed by atoms with Crippen molar-refractivity contribution >= 4 is 21.7 Å². The summed E-state index contributed by atoms with van der Waals surface area (Å²) in [4.78, 5) is 10.9. The van der Waals surface area contributed by atoms with E-state index in [1.54, 1.807) is 18.2 Å². The minimum absolute atomic E-state index is 0.150. The van der Waals surface area contributed by atoms with Gasteiger partial charge >= 0.3 is 6.18 Å². The lowest BCUT2D eigenvalue weighted by molar-refractivity contribution is -0.137. The predicted octanol–water partition coefficient (Wildman–Crippen LogP) is 4.52. The van der Waals surface area contributed by atoms with E-state index in [9.17, 15) is 26.7 Å². The molecule has 0 atom stereocenters. The van der Waals surface area contributed by atoms with Gasteiger partial charge in [0.25, 0.3) is 0 Å². The van der Waals surface area contributed by atoms with Crippen LogP contribution in [0.5, 0.6) is 0 Å². The quantitative estimate of drug-likeness (QED) is 0.438. The zero-order chi connectivity index (χ0) is 27.7. The van der Waals surface area contributed by atoms with Gasteiger partial charge in [-0.2, -0.15) is 17.5 Å². The second-order valence-corrected chi connectivity index (χ2v) is 12.0. The van der Waals surface area contributed by atoms with Gasteiger partial charge in [0, 0.05) is 37.1 Å². The fraction of sp³-hybridized carbons (Fsp3) is 0.407. The van der Waals surface area contributed by atoms with Crippen LogP contribution in [0.25, 0.3) is 11.3 Å². The fourth-order valence-corrected chi connectivity index (χ4v) is 6.50. The van der Waals surface area contributed by atoms with Crippen molar-refractivity contribution in [3.8, 4) is 11.3 Å². The lowest BCUT2D eigenvalue weighted by Crippen LogP contribution is -2.51. The molecule has 0 amide bonds. The highest BCUT2D eigenvalue weighted by molar-refractivity contribution is 7.89. The van der Waals surface area contributed by atoms with Gasteiger partial charge < -0.3 is 15.3 Å². The maximum absolute atomic E-state index is 13.2. The first-order valence-electron chi connectivity index (χ1n) is 12.8. The van der Waals surface area contributed by atoms with Crippen molar-refractivity contribution in [1.82, 2.24) is 19.2 Å². The Balaban J connectivity index is 1.22. The van der Waals surface area contributed by atoms with Gasteiger partial charge in [-0.25, -0.2) is 18.4 Å². The summed E-state index contributed by atoms with van der Waals surface area (Å²) < 4.78 is 66.4. The third-order valence-corrected chi connectivity index (χ3v) is 9.19. The van der Waals surface area contributed by atoms with Crippen LogP contribution in [0.4, 0.5) is 24.8 Å². The van der Waals surface area contributed by atoms with E-state index >= 15 is 0 Å². The number of hydrogen-bond donors (Lipinski definition) is 2. The van der Waals surface area contributed by atoms with Crippen LogP contribution in [0.1, 0.15) is 31.2 Å². The largest absolute Gasteiger partial charge is 0.416 e. The Labute approximate surface area is 225 Å². The highest BCUT2D eigenvalue weighted by Crippen LogP contribution is 2.31. The molecule has 2 N–H and O–H groups in total. The second kappa shape index (κ2) is 10.8. The van der Waals surface area contributed by atoms with Gasteiger partial charge in [-0.05, 0) is 81.2 Å². The molecule has 0 radical (unpaired) electrons. The lowest BCUT2D eigenvalue weighted by atomic mass is 9.92. The zero-order valence-corrected chi connectivity index (χ0v) is 22.0. The van der Waals surface area contributed by atoms with Gasteiger partial charge in [-0.15, -0.1) is 0 Å². The van der Waals surface area contributed by atoms with Crippen molar-refractivity contribution in [3.05, 3.63) is 66.4 Å². The number of rotatable bonds is 7. The number of nitrogens with zero attached hydrogens (tertiary/aromatic N) is 4. The maximum atomic E-state index is 13.2. The van der Waals surface area contributed by atoms with Crippen LogP contribution >= 0.6 is 0 Å². The highest BCUT2D eigenvalue weighted by atomic mass is 32.2. The molecular formula is C27H30F3N5O3S. The van der Waals surface area contributed by atoms with Crippen LogP contribution < -0.4 is 5.32 Å². The van der Waals surface area contributed by atoms with E-state index < -0.39 is 27.4 Å². The number of hydrogen-bond acceptors (Lipinski definition) is 7. The SMILES string of the molecule is O=S(=O)(c1ccc(Nc2nccc(-c3ccc(C(F)(F)F)cc3)n2)cc1)N1CCC(O)(CN2CCCC2)CC1. The van der Waals surface area contributed by atoms with Gasteiger partial charge in [-0.1, -0.05) is 12.1 Å². The number of halogens is 3. The number of likely N-dealkylation sites (tertiary alicyclic amines) is 1. The third-order valence-electron chi connectivity index (χ3n) is 7.28. The van der Waals surface area contributed by atoms with E-state index in [1.807, 2.05) is 0 Å². The van der Waals surface area contributed by atoms with Gasteiger partial charge in [0.05, 0.1) is 21.8 Å². The zero-order valence-electron chi connectivity index (χ0n) is 21.2. The van der Waals surface area contributed by atoms with Crippen molar-refractivity contribution in [2.75, 3.05) is 38.0 Å². The Morgan fingerprint density at radius 1 is 0.923 bits per heavy atom. The number of piperidine rings is 1. The summed E-state index contributed by atoms with van der Waals surface area (Å²) in [5.74, 6) is 0.219. The van der Waals surface area contributed by atoms with Crippen molar-refractivity contribution in [3.63, 3.8) is 0 Å². The molecule has 3 aromatic rings. The summed E-state index contributed by atoms with van der Waals surface area (Å²) in [6.45, 7) is 3.07. The molecule has 1 aromatic heterocycles. The van der Waals surface area contributed by atoms with Gasteiger partial charge in [0.15, 0.2) is 0 Å². The smallest absolute Gasteiger partial charge is 0.388 e. The van der Waals surface area contributed by atoms with E-state index in [-0.39, 0.29) is 23.9 Å². The Bertz CT molecular complexity index is 1390. The first-order chi connectivity index (χ1) is 18.5. The number of alkyl halides is 3. The number of anilines is 2. The topological polar surface area (TPSA) is 98.7 Å². The predicted molar refractivity (Wildman–Crippen MR) is 141 cm³/mol. The normalized spacial score (nSPS) is 18.8. The van der Waals surface area contributed by atoms with E-state index in [0.717, 1.165) is 38.1 Å². The van der Waals surface area contributed by atoms with Crippen LogP contribution in [-0.4, -0.2) is 71.0 Å². The molecule has 0 spiro atoms. The van der Waals surface area contributed by atoms with E-state index in [1.165, 1.54) is 34.8 Å². The fourth-order valence-electron chi connectivity index (χ4n) is 5.06. The molecule has 3 heterocycles. The molecule has 8 nitrogen and oxygen atoms in total. The molecular weight excluding hydrogens is 531 g/mol. The van der Waals surface area contributed by atoms with Crippen molar-refractivity contribution in [1.29, 1.82) is 0 Å². The van der Waals surface area contributed by atoms with Crippen molar-refractivity contribution in [2.45, 2.75) is 42.4 Å². The van der Waals surface area contributed by atoms with Gasteiger partial charge in [0.2, 0.25) is 16.0 Å². The number of β-amino-alcohol motifs (C(OH)–C–C–N with tert-alkyl or cyclic N) is 1. The summed E-state index contributed by atoms with van der Waals surface area (Å²) in [7, 11) is -3.72. The van der Waals surface area contributed by atoms with Crippen LogP contribution in [-0.2, 0) is 16.2 Å². The first-order valence-corrected chi connectivity index (χ1v) is 14.3. The number of sulfonamides is 1. The van der Waals surface area contributed by atoms with E-state index in [0.29, 0.717) is 36.3 Å². The van der Waals surface area contributed by atoms with Gasteiger partial charge in [0.1, 0.15) is 0 Å². The summed E-state index contributed by atoms with van der Waals surface area (Å²) in [5.41, 5.74) is -0.105. The standard InChI is InChI=1S/C27H30F3N5O3S/c28-27(29,30)21-5-3-20(4-6-21)24-11-14-31-25(33-24)32-22-7-9-23(10-8-22)39(37,38)35-17-12-26(36,13-18-35)19-34-15-1-2-16-34/h3-11,14,36H,1-2,12-13,15-19H2,(H,31,32,33). The van der Waals surface area contributed by atoms with Crippen LogP contribution in [0.15, 0.2) is 65.7 Å². The number of nitrogens with one attached hydrogen (secondary N) is 1. The molecule has 5 rings (SSSR count). The molecule has 2 fully saturated rings. The van der Waals surface area contributed by atoms with Gasteiger partial charge in [-0.3, -0.25) is 0 Å². The van der Waals surface area contributed by atoms with Crippen LogP contribution in [0, 0.1) is 0 Å². The number of benzene rings is 2. The summed E-state index contributed by atoms with van der Waals surface area (Å²) >= 11 is 0. The first kappa shape index (κ1) is 27.5. The molecule has 0 saturated carbocycles. The molecule has 12 heteroatoms. The van der Waals surface area contributed by atoms with Crippen molar-refractivity contribution in [2.24, 2.45) is 0 Å². The molecule has 2 aliphatic heterocycles. The molecule has 0 unspecified atom stereocenters. The lowest BCUT2D eigenvalue weighted by Gasteiger charge is -2.39. The minimum Gasteiger partial charge on any atom is -0.388 e. The maximum Gasteiger partial charge on any atom is 0.416 e. The summed E-state index contributed by atoms with van der Waals surface area (Å²) in [6.07, 6.45) is 0.143. The highest BCUT2D eigenvalue weighted by Gasteiger charge is 2.38. The Hall–Kier alpha value is -3.06.